The number of benzene rings is 1. The maximum Gasteiger partial charge on any atom is 0.276 e. The molecule has 0 N–H and O–H groups in total. The van der Waals surface area contributed by atoms with Gasteiger partial charge in [-0.05, 0) is 50.5 Å². The van der Waals surface area contributed by atoms with Gasteiger partial charge in [0, 0.05) is 44.8 Å². The van der Waals surface area contributed by atoms with E-state index in [1.54, 1.807) is 12.1 Å². The second kappa shape index (κ2) is 8.91. The molecule has 1 aromatic heterocycles. The topological polar surface area (TPSA) is 74.1 Å². The van der Waals surface area contributed by atoms with Crippen molar-refractivity contribution in [2.75, 3.05) is 39.3 Å². The van der Waals surface area contributed by atoms with Crippen LogP contribution < -0.4 is 0 Å². The Balaban J connectivity index is 1.36. The molecule has 2 saturated heterocycles. The third-order valence-electron chi connectivity index (χ3n) is 5.82. The quantitative estimate of drug-likeness (QED) is 0.728. The van der Waals surface area contributed by atoms with Crippen LogP contribution in [0.4, 0.5) is 0 Å². The highest BCUT2D eigenvalue weighted by Crippen LogP contribution is 2.23. The molecule has 4 rings (SSSR count). The third-order valence-corrected chi connectivity index (χ3v) is 7.59. The lowest BCUT2D eigenvalue weighted by molar-refractivity contribution is 0.0760. The van der Waals surface area contributed by atoms with Crippen molar-refractivity contribution in [2.24, 2.45) is 0 Å². The first kappa shape index (κ1) is 21.1. The van der Waals surface area contributed by atoms with Crippen molar-refractivity contribution < 1.29 is 17.6 Å². The number of furan rings is 1. The molecule has 3 heterocycles. The van der Waals surface area contributed by atoms with Crippen LogP contribution in [0.1, 0.15) is 40.9 Å². The van der Waals surface area contributed by atoms with Crippen LogP contribution in [0.5, 0.6) is 0 Å². The molecule has 0 bridgehead atoms. The number of amides is 1. The van der Waals surface area contributed by atoms with Gasteiger partial charge in [0.15, 0.2) is 0 Å². The van der Waals surface area contributed by atoms with E-state index in [-0.39, 0.29) is 11.0 Å². The van der Waals surface area contributed by atoms with Crippen LogP contribution in [0.2, 0.25) is 0 Å². The molecule has 7 nitrogen and oxygen atoms in total. The van der Waals surface area contributed by atoms with E-state index < -0.39 is 10.0 Å². The van der Waals surface area contributed by atoms with Crippen LogP contribution in [-0.2, 0) is 16.6 Å². The van der Waals surface area contributed by atoms with Crippen molar-refractivity contribution in [1.82, 2.24) is 14.1 Å². The second-order valence-corrected chi connectivity index (χ2v) is 9.99. The fourth-order valence-electron chi connectivity index (χ4n) is 4.15. The highest BCUT2D eigenvalue weighted by atomic mass is 32.2. The van der Waals surface area contributed by atoms with Gasteiger partial charge in [-0.25, -0.2) is 8.42 Å². The van der Waals surface area contributed by atoms with Crippen LogP contribution in [0.15, 0.2) is 45.9 Å². The van der Waals surface area contributed by atoms with Crippen molar-refractivity contribution >= 4 is 15.9 Å². The lowest BCUT2D eigenvalue weighted by atomic mass is 10.1. The van der Waals surface area contributed by atoms with Gasteiger partial charge in [0.1, 0.15) is 5.76 Å². The van der Waals surface area contributed by atoms with E-state index in [9.17, 15) is 13.2 Å². The normalized spacial score (nSPS) is 19.2. The Bertz CT molecular complexity index is 995. The van der Waals surface area contributed by atoms with E-state index in [2.05, 4.69) is 4.90 Å². The molecule has 162 valence electrons. The minimum atomic E-state index is -3.52. The molecular formula is C22H29N3O4S. The van der Waals surface area contributed by atoms with Gasteiger partial charge in [-0.2, -0.15) is 4.31 Å². The van der Waals surface area contributed by atoms with E-state index in [1.165, 1.54) is 4.31 Å². The van der Waals surface area contributed by atoms with E-state index in [1.807, 2.05) is 36.1 Å². The number of hydrogen-bond acceptors (Lipinski definition) is 5. The number of sulfonamides is 1. The van der Waals surface area contributed by atoms with Gasteiger partial charge < -0.3 is 9.32 Å². The Morgan fingerprint density at radius 3 is 2.53 bits per heavy atom. The summed E-state index contributed by atoms with van der Waals surface area (Å²) in [5.41, 5.74) is 1.81. The van der Waals surface area contributed by atoms with Gasteiger partial charge in [-0.3, -0.25) is 9.69 Å². The predicted octanol–water partition coefficient (Wildman–Crippen LogP) is 2.72. The predicted molar refractivity (Wildman–Crippen MR) is 114 cm³/mol. The number of carbonyl (C=O) groups is 1. The first-order valence-electron chi connectivity index (χ1n) is 10.6. The first-order chi connectivity index (χ1) is 14.4. The Kier molecular flexibility index (Phi) is 6.26. The molecule has 2 aliphatic heterocycles. The monoisotopic (exact) mass is 431 g/mol. The van der Waals surface area contributed by atoms with Gasteiger partial charge >= 0.3 is 0 Å². The summed E-state index contributed by atoms with van der Waals surface area (Å²) in [6.45, 7) is 6.59. The zero-order valence-corrected chi connectivity index (χ0v) is 18.2. The summed E-state index contributed by atoms with van der Waals surface area (Å²) in [4.78, 5) is 16.9. The van der Waals surface area contributed by atoms with E-state index in [4.69, 9.17) is 4.42 Å². The zero-order valence-electron chi connectivity index (χ0n) is 17.4. The van der Waals surface area contributed by atoms with E-state index >= 15 is 0 Å². The number of aryl methyl sites for hydroxylation is 1. The smallest absolute Gasteiger partial charge is 0.276 e. The molecule has 30 heavy (non-hydrogen) atoms. The van der Waals surface area contributed by atoms with Gasteiger partial charge in [-0.15, -0.1) is 0 Å². The van der Waals surface area contributed by atoms with Crippen molar-refractivity contribution in [1.29, 1.82) is 0 Å². The summed E-state index contributed by atoms with van der Waals surface area (Å²) in [6, 6.07) is 11.0. The average molecular weight is 432 g/mol. The summed E-state index contributed by atoms with van der Waals surface area (Å²) in [7, 11) is -3.52. The standard InChI is InChI=1S/C22H29N3O4S/c1-18-6-4-7-19(16-18)22(26)24-11-5-10-23(14-15-24)17-20-8-9-21(29-20)30(27,28)25-12-2-3-13-25/h4,6-9,16H,2-3,5,10-15,17H2,1H3. The third kappa shape index (κ3) is 4.61. The van der Waals surface area contributed by atoms with Crippen molar-refractivity contribution in [3.63, 3.8) is 0 Å². The lowest BCUT2D eigenvalue weighted by Crippen LogP contribution is -2.35. The Labute approximate surface area is 178 Å². The summed E-state index contributed by atoms with van der Waals surface area (Å²) >= 11 is 0. The summed E-state index contributed by atoms with van der Waals surface area (Å²) in [5, 5.41) is 0.0328. The number of rotatable bonds is 5. The Hall–Kier alpha value is -2.16. The van der Waals surface area contributed by atoms with Crippen molar-refractivity contribution in [3.8, 4) is 0 Å². The van der Waals surface area contributed by atoms with Gasteiger partial charge in [0.2, 0.25) is 5.09 Å². The summed E-state index contributed by atoms with van der Waals surface area (Å²) < 4.78 is 32.5. The zero-order chi connectivity index (χ0) is 21.1. The Morgan fingerprint density at radius 1 is 0.967 bits per heavy atom. The second-order valence-electron chi connectivity index (χ2n) is 8.12. The molecule has 0 atom stereocenters. The molecule has 1 aromatic carbocycles. The summed E-state index contributed by atoms with van der Waals surface area (Å²) in [6.07, 6.45) is 2.67. The molecule has 2 aromatic rings. The van der Waals surface area contributed by atoms with Crippen LogP contribution in [0, 0.1) is 6.92 Å². The van der Waals surface area contributed by atoms with Crippen LogP contribution >= 0.6 is 0 Å². The molecule has 0 radical (unpaired) electrons. The SMILES string of the molecule is Cc1cccc(C(=O)N2CCCN(Cc3ccc(S(=O)(=O)N4CCCC4)o3)CC2)c1. The highest BCUT2D eigenvalue weighted by molar-refractivity contribution is 7.89. The summed E-state index contributed by atoms with van der Waals surface area (Å²) in [5.74, 6) is 0.712. The Morgan fingerprint density at radius 2 is 1.77 bits per heavy atom. The van der Waals surface area contributed by atoms with Gasteiger partial charge in [-0.1, -0.05) is 17.7 Å². The molecule has 0 spiro atoms. The lowest BCUT2D eigenvalue weighted by Gasteiger charge is -2.21. The number of carbonyl (C=O) groups excluding carboxylic acids is 1. The van der Waals surface area contributed by atoms with Gasteiger partial charge in [0.25, 0.3) is 15.9 Å². The molecule has 2 fully saturated rings. The fraction of sp³-hybridized carbons (Fsp3) is 0.500. The van der Waals surface area contributed by atoms with E-state index in [0.717, 1.165) is 50.0 Å². The van der Waals surface area contributed by atoms with E-state index in [0.29, 0.717) is 31.9 Å². The minimum absolute atomic E-state index is 0.0328. The first-order valence-corrected chi connectivity index (χ1v) is 12.0. The average Bonchev–Trinajstić information content (AvgIpc) is 3.38. The fourth-order valence-corrected chi connectivity index (χ4v) is 5.60. The van der Waals surface area contributed by atoms with Crippen molar-refractivity contribution in [3.05, 3.63) is 53.3 Å². The maximum absolute atomic E-state index is 12.8. The number of nitrogens with zero attached hydrogens (tertiary/aromatic N) is 3. The molecule has 2 aliphatic rings. The van der Waals surface area contributed by atoms with Crippen LogP contribution in [0.3, 0.4) is 0 Å². The molecular weight excluding hydrogens is 402 g/mol. The molecule has 8 heteroatoms. The van der Waals surface area contributed by atoms with Crippen LogP contribution in [0.25, 0.3) is 0 Å². The van der Waals surface area contributed by atoms with Gasteiger partial charge in [0.05, 0.1) is 6.54 Å². The minimum Gasteiger partial charge on any atom is -0.447 e. The molecule has 0 aliphatic carbocycles. The van der Waals surface area contributed by atoms with Crippen LogP contribution in [-0.4, -0.2) is 67.7 Å². The largest absolute Gasteiger partial charge is 0.447 e. The number of hydrogen-bond donors (Lipinski definition) is 0. The molecule has 0 saturated carbocycles. The van der Waals surface area contributed by atoms with Crippen molar-refractivity contribution in [2.45, 2.75) is 37.8 Å². The molecule has 1 amide bonds. The maximum atomic E-state index is 12.8. The highest BCUT2D eigenvalue weighted by Gasteiger charge is 2.30. The molecule has 0 unspecified atom stereocenters.